The summed E-state index contributed by atoms with van der Waals surface area (Å²) in [6.07, 6.45) is 1.52. The third-order valence-electron chi connectivity index (χ3n) is 2.25. The maximum Gasteiger partial charge on any atom is 0.258 e. The Morgan fingerprint density at radius 2 is 2.17 bits per heavy atom. The number of carbonyl (C=O) groups excluding carboxylic acids is 1. The van der Waals surface area contributed by atoms with Crippen molar-refractivity contribution in [3.05, 3.63) is 48.2 Å². The number of rotatable bonds is 5. The van der Waals surface area contributed by atoms with Crippen molar-refractivity contribution >= 4 is 5.91 Å². The fraction of sp³-hybridized carbons (Fsp3) is 0.231. The monoisotopic (exact) mass is 246 g/mol. The summed E-state index contributed by atoms with van der Waals surface area (Å²) >= 11 is 0. The highest BCUT2D eigenvalue weighted by atomic mass is 16.5. The van der Waals surface area contributed by atoms with Gasteiger partial charge >= 0.3 is 0 Å². The van der Waals surface area contributed by atoms with E-state index in [1.165, 1.54) is 6.26 Å². The Labute approximate surface area is 105 Å². The van der Waals surface area contributed by atoms with Crippen molar-refractivity contribution in [2.24, 2.45) is 0 Å². The molecular weight excluding hydrogens is 232 g/mol. The number of aromatic nitrogens is 1. The Bertz CT molecular complexity index is 508. The van der Waals surface area contributed by atoms with Crippen molar-refractivity contribution in [3.8, 4) is 5.75 Å². The summed E-state index contributed by atoms with van der Waals surface area (Å²) in [5, 5.41) is 2.70. The van der Waals surface area contributed by atoms with E-state index in [2.05, 4.69) is 10.3 Å². The van der Waals surface area contributed by atoms with Gasteiger partial charge in [0, 0.05) is 6.92 Å². The van der Waals surface area contributed by atoms with Crippen LogP contribution in [0.2, 0.25) is 0 Å². The molecule has 0 aliphatic heterocycles. The zero-order valence-corrected chi connectivity index (χ0v) is 10.1. The molecule has 0 unspecified atom stereocenters. The number of amides is 1. The Morgan fingerprint density at radius 1 is 1.39 bits per heavy atom. The zero-order chi connectivity index (χ0) is 12.8. The van der Waals surface area contributed by atoms with Crippen LogP contribution in [0.3, 0.4) is 0 Å². The van der Waals surface area contributed by atoms with Crippen molar-refractivity contribution in [1.29, 1.82) is 0 Å². The van der Waals surface area contributed by atoms with Gasteiger partial charge in [0.25, 0.3) is 5.91 Å². The Kier molecular flexibility index (Phi) is 3.96. The number of hydrogen-bond donors (Lipinski definition) is 1. The second-order valence-electron chi connectivity index (χ2n) is 3.74. The molecule has 0 spiro atoms. The number of aryl methyl sites for hydroxylation is 1. The van der Waals surface area contributed by atoms with Crippen LogP contribution in [0.4, 0.5) is 0 Å². The van der Waals surface area contributed by atoms with E-state index >= 15 is 0 Å². The first-order valence-electron chi connectivity index (χ1n) is 5.59. The molecular formula is C13H14N2O3. The predicted molar refractivity (Wildman–Crippen MR) is 65.0 cm³/mol. The highest BCUT2D eigenvalue weighted by Crippen LogP contribution is 2.07. The molecule has 1 aromatic carbocycles. The van der Waals surface area contributed by atoms with Gasteiger partial charge in [0.1, 0.15) is 12.0 Å². The van der Waals surface area contributed by atoms with Crippen LogP contribution in [-0.2, 0) is 11.3 Å². The second-order valence-corrected chi connectivity index (χ2v) is 3.74. The van der Waals surface area contributed by atoms with Gasteiger partial charge in [-0.1, -0.05) is 18.2 Å². The van der Waals surface area contributed by atoms with E-state index in [0.717, 1.165) is 0 Å². The number of oxazole rings is 1. The minimum atomic E-state index is -0.195. The molecule has 2 rings (SSSR count). The lowest BCUT2D eigenvalue weighted by molar-refractivity contribution is -0.123. The zero-order valence-electron chi connectivity index (χ0n) is 10.1. The smallest absolute Gasteiger partial charge is 0.258 e. The van der Waals surface area contributed by atoms with E-state index in [1.807, 2.05) is 18.2 Å². The lowest BCUT2D eigenvalue weighted by Crippen LogP contribution is -2.28. The van der Waals surface area contributed by atoms with Crippen LogP contribution in [0.25, 0.3) is 0 Å². The van der Waals surface area contributed by atoms with Gasteiger partial charge in [-0.25, -0.2) is 4.98 Å². The SMILES string of the molecule is Cc1nc(CNC(=O)COc2ccccc2)co1. The summed E-state index contributed by atoms with van der Waals surface area (Å²) in [7, 11) is 0. The molecule has 5 nitrogen and oxygen atoms in total. The van der Waals surface area contributed by atoms with Gasteiger partial charge in [0.2, 0.25) is 0 Å². The molecule has 1 amide bonds. The largest absolute Gasteiger partial charge is 0.484 e. The Balaban J connectivity index is 1.73. The van der Waals surface area contributed by atoms with Crippen LogP contribution >= 0.6 is 0 Å². The molecule has 0 radical (unpaired) electrons. The standard InChI is InChI=1S/C13H14N2O3/c1-10-15-11(8-17-10)7-14-13(16)9-18-12-5-3-2-4-6-12/h2-6,8H,7,9H2,1H3,(H,14,16). The number of nitrogens with zero attached hydrogens (tertiary/aromatic N) is 1. The van der Waals surface area contributed by atoms with Gasteiger partial charge in [-0.2, -0.15) is 0 Å². The fourth-order valence-corrected chi connectivity index (χ4v) is 1.40. The number of para-hydroxylation sites is 1. The van der Waals surface area contributed by atoms with Crippen molar-refractivity contribution in [1.82, 2.24) is 10.3 Å². The van der Waals surface area contributed by atoms with Crippen LogP contribution in [0, 0.1) is 6.92 Å². The summed E-state index contributed by atoms with van der Waals surface area (Å²) < 4.78 is 10.3. The number of ether oxygens (including phenoxy) is 1. The molecule has 0 atom stereocenters. The van der Waals surface area contributed by atoms with Crippen LogP contribution in [0.15, 0.2) is 41.0 Å². The summed E-state index contributed by atoms with van der Waals surface area (Å²) in [5.74, 6) is 1.06. The minimum absolute atomic E-state index is 0.0130. The molecule has 2 aromatic rings. The number of benzene rings is 1. The molecule has 94 valence electrons. The predicted octanol–water partition coefficient (Wildman–Crippen LogP) is 1.68. The summed E-state index contributed by atoms with van der Waals surface area (Å²) in [6, 6.07) is 9.19. The number of nitrogens with one attached hydrogen (secondary N) is 1. The average molecular weight is 246 g/mol. The minimum Gasteiger partial charge on any atom is -0.484 e. The second kappa shape index (κ2) is 5.86. The lowest BCUT2D eigenvalue weighted by Gasteiger charge is -2.05. The van der Waals surface area contributed by atoms with E-state index in [9.17, 15) is 4.79 Å². The van der Waals surface area contributed by atoms with Crippen LogP contribution < -0.4 is 10.1 Å². The molecule has 0 saturated heterocycles. The summed E-state index contributed by atoms with van der Waals surface area (Å²) in [4.78, 5) is 15.6. The van der Waals surface area contributed by atoms with Crippen LogP contribution in [0.1, 0.15) is 11.6 Å². The van der Waals surface area contributed by atoms with Crippen LogP contribution in [-0.4, -0.2) is 17.5 Å². The molecule has 0 fully saturated rings. The molecule has 1 N–H and O–H groups in total. The Hall–Kier alpha value is -2.30. The molecule has 1 heterocycles. The van der Waals surface area contributed by atoms with Crippen molar-refractivity contribution in [2.75, 3.05) is 6.61 Å². The maximum absolute atomic E-state index is 11.5. The highest BCUT2D eigenvalue weighted by Gasteiger charge is 2.04. The van der Waals surface area contributed by atoms with Gasteiger partial charge in [-0.15, -0.1) is 0 Å². The van der Waals surface area contributed by atoms with Gasteiger partial charge in [-0.3, -0.25) is 4.79 Å². The Morgan fingerprint density at radius 3 is 2.83 bits per heavy atom. The average Bonchev–Trinajstić information content (AvgIpc) is 2.81. The molecule has 18 heavy (non-hydrogen) atoms. The molecule has 0 saturated carbocycles. The van der Waals surface area contributed by atoms with Gasteiger partial charge in [-0.05, 0) is 12.1 Å². The third-order valence-corrected chi connectivity index (χ3v) is 2.25. The molecule has 0 bridgehead atoms. The molecule has 1 aromatic heterocycles. The normalized spacial score (nSPS) is 10.1. The highest BCUT2D eigenvalue weighted by molar-refractivity contribution is 5.77. The first-order chi connectivity index (χ1) is 8.74. The fourth-order valence-electron chi connectivity index (χ4n) is 1.40. The topological polar surface area (TPSA) is 64.4 Å². The lowest BCUT2D eigenvalue weighted by atomic mass is 10.3. The van der Waals surface area contributed by atoms with E-state index in [0.29, 0.717) is 23.9 Å². The van der Waals surface area contributed by atoms with Crippen molar-refractivity contribution < 1.29 is 13.9 Å². The van der Waals surface area contributed by atoms with Crippen molar-refractivity contribution in [2.45, 2.75) is 13.5 Å². The molecule has 0 aliphatic rings. The quantitative estimate of drug-likeness (QED) is 0.871. The molecule has 0 aliphatic carbocycles. The number of hydrogen-bond acceptors (Lipinski definition) is 4. The first kappa shape index (κ1) is 12.2. The number of carbonyl (C=O) groups is 1. The molecule has 5 heteroatoms. The van der Waals surface area contributed by atoms with Crippen molar-refractivity contribution in [3.63, 3.8) is 0 Å². The third kappa shape index (κ3) is 3.62. The van der Waals surface area contributed by atoms with Gasteiger partial charge in [0.15, 0.2) is 12.5 Å². The van der Waals surface area contributed by atoms with E-state index in [1.54, 1.807) is 19.1 Å². The van der Waals surface area contributed by atoms with Crippen LogP contribution in [0.5, 0.6) is 5.75 Å². The maximum atomic E-state index is 11.5. The summed E-state index contributed by atoms with van der Waals surface area (Å²) in [5.41, 5.74) is 0.695. The van der Waals surface area contributed by atoms with Gasteiger partial charge < -0.3 is 14.5 Å². The van der Waals surface area contributed by atoms with Gasteiger partial charge in [0.05, 0.1) is 12.2 Å². The van der Waals surface area contributed by atoms with E-state index in [4.69, 9.17) is 9.15 Å². The van der Waals surface area contributed by atoms with E-state index < -0.39 is 0 Å². The van der Waals surface area contributed by atoms with E-state index in [-0.39, 0.29) is 12.5 Å². The summed E-state index contributed by atoms with van der Waals surface area (Å²) in [6.45, 7) is 2.08. The first-order valence-corrected chi connectivity index (χ1v) is 5.59.